The van der Waals surface area contributed by atoms with Gasteiger partial charge in [-0.1, -0.05) is 24.3 Å². The standard InChI is InChI=1S/C17H17FN2O3/c1-23-16(21)14-4-2-3-5-15(14)20-17(22)19-11-10-12-6-8-13(18)9-7-12/h2-9H,10-11H2,1H3,(H2,19,20,22). The van der Waals surface area contributed by atoms with E-state index in [-0.39, 0.29) is 11.4 Å². The van der Waals surface area contributed by atoms with Gasteiger partial charge in [0, 0.05) is 6.54 Å². The second-order valence-electron chi connectivity index (χ2n) is 4.79. The van der Waals surface area contributed by atoms with Gasteiger partial charge in [-0.2, -0.15) is 0 Å². The Morgan fingerprint density at radius 1 is 1.09 bits per heavy atom. The van der Waals surface area contributed by atoms with Crippen LogP contribution in [0.15, 0.2) is 48.5 Å². The number of hydrogen-bond acceptors (Lipinski definition) is 3. The molecular formula is C17H17FN2O3. The predicted octanol–water partition coefficient (Wildman–Crippen LogP) is 2.98. The monoisotopic (exact) mass is 316 g/mol. The Hall–Kier alpha value is -2.89. The van der Waals surface area contributed by atoms with Crippen LogP contribution in [0.3, 0.4) is 0 Å². The fraction of sp³-hybridized carbons (Fsp3) is 0.176. The van der Waals surface area contributed by atoms with Crippen molar-refractivity contribution in [3.05, 3.63) is 65.5 Å². The number of nitrogens with one attached hydrogen (secondary N) is 2. The summed E-state index contributed by atoms with van der Waals surface area (Å²) in [5, 5.41) is 5.29. The number of methoxy groups -OCH3 is 1. The number of anilines is 1. The van der Waals surface area contributed by atoms with Crippen LogP contribution in [0.2, 0.25) is 0 Å². The molecule has 120 valence electrons. The largest absolute Gasteiger partial charge is 0.465 e. The van der Waals surface area contributed by atoms with Crippen molar-refractivity contribution >= 4 is 17.7 Å². The number of esters is 1. The number of ether oxygens (including phenoxy) is 1. The van der Waals surface area contributed by atoms with E-state index in [2.05, 4.69) is 15.4 Å². The average Bonchev–Trinajstić information content (AvgIpc) is 2.56. The van der Waals surface area contributed by atoms with Crippen LogP contribution >= 0.6 is 0 Å². The Bertz CT molecular complexity index is 686. The van der Waals surface area contributed by atoms with Gasteiger partial charge < -0.3 is 15.4 Å². The molecule has 0 unspecified atom stereocenters. The quantitative estimate of drug-likeness (QED) is 0.833. The minimum Gasteiger partial charge on any atom is -0.465 e. The lowest BCUT2D eigenvalue weighted by atomic mass is 10.1. The summed E-state index contributed by atoms with van der Waals surface area (Å²) in [6, 6.07) is 12.2. The first-order valence-corrected chi connectivity index (χ1v) is 7.07. The first-order valence-electron chi connectivity index (χ1n) is 7.07. The highest BCUT2D eigenvalue weighted by Crippen LogP contribution is 2.15. The fourth-order valence-electron chi connectivity index (χ4n) is 2.02. The SMILES string of the molecule is COC(=O)c1ccccc1NC(=O)NCCc1ccc(F)cc1. The predicted molar refractivity (Wildman–Crippen MR) is 84.9 cm³/mol. The smallest absolute Gasteiger partial charge is 0.339 e. The van der Waals surface area contributed by atoms with E-state index >= 15 is 0 Å². The van der Waals surface area contributed by atoms with Crippen LogP contribution in [-0.4, -0.2) is 25.7 Å². The maximum atomic E-state index is 12.8. The van der Waals surface area contributed by atoms with Gasteiger partial charge >= 0.3 is 12.0 Å². The molecule has 0 bridgehead atoms. The van der Waals surface area contributed by atoms with Gasteiger partial charge in [0.15, 0.2) is 0 Å². The van der Waals surface area contributed by atoms with Gasteiger partial charge in [-0.05, 0) is 36.2 Å². The third-order valence-electron chi connectivity index (χ3n) is 3.19. The maximum absolute atomic E-state index is 12.8. The Morgan fingerprint density at radius 3 is 2.48 bits per heavy atom. The Kier molecular flexibility index (Phi) is 5.68. The zero-order valence-electron chi connectivity index (χ0n) is 12.6. The van der Waals surface area contributed by atoms with Crippen LogP contribution in [0.25, 0.3) is 0 Å². The van der Waals surface area contributed by atoms with Crippen LogP contribution in [0.4, 0.5) is 14.9 Å². The summed E-state index contributed by atoms with van der Waals surface area (Å²) >= 11 is 0. The summed E-state index contributed by atoms with van der Waals surface area (Å²) in [4.78, 5) is 23.5. The Labute approximate surface area is 133 Å². The minimum absolute atomic E-state index is 0.281. The van der Waals surface area contributed by atoms with E-state index in [1.54, 1.807) is 36.4 Å². The summed E-state index contributed by atoms with van der Waals surface area (Å²) in [6.45, 7) is 0.387. The van der Waals surface area contributed by atoms with Crippen LogP contribution in [-0.2, 0) is 11.2 Å². The molecule has 0 aliphatic heterocycles. The lowest BCUT2D eigenvalue weighted by Crippen LogP contribution is -2.31. The number of benzene rings is 2. The summed E-state index contributed by atoms with van der Waals surface area (Å²) in [5.41, 5.74) is 1.57. The second-order valence-corrected chi connectivity index (χ2v) is 4.79. The van der Waals surface area contributed by atoms with E-state index < -0.39 is 12.0 Å². The highest BCUT2D eigenvalue weighted by molar-refractivity contribution is 6.00. The number of para-hydroxylation sites is 1. The normalized spacial score (nSPS) is 10.0. The van der Waals surface area contributed by atoms with Crippen LogP contribution in [0.1, 0.15) is 15.9 Å². The molecule has 2 rings (SSSR count). The average molecular weight is 316 g/mol. The molecule has 0 aliphatic rings. The van der Waals surface area contributed by atoms with Crippen molar-refractivity contribution in [2.45, 2.75) is 6.42 Å². The molecule has 2 aromatic carbocycles. The van der Waals surface area contributed by atoms with Crippen LogP contribution in [0.5, 0.6) is 0 Å². The van der Waals surface area contributed by atoms with E-state index in [1.165, 1.54) is 19.2 Å². The molecular weight excluding hydrogens is 299 g/mol. The van der Waals surface area contributed by atoms with Gasteiger partial charge in [0.1, 0.15) is 5.82 Å². The van der Waals surface area contributed by atoms with Crippen molar-refractivity contribution in [1.82, 2.24) is 5.32 Å². The fourth-order valence-corrected chi connectivity index (χ4v) is 2.02. The number of amides is 2. The molecule has 0 atom stereocenters. The van der Waals surface area contributed by atoms with Crippen molar-refractivity contribution in [1.29, 1.82) is 0 Å². The van der Waals surface area contributed by atoms with Gasteiger partial charge in [-0.3, -0.25) is 0 Å². The summed E-state index contributed by atoms with van der Waals surface area (Å²) in [6.07, 6.45) is 0.576. The summed E-state index contributed by atoms with van der Waals surface area (Å²) in [5.74, 6) is -0.814. The van der Waals surface area contributed by atoms with E-state index in [0.29, 0.717) is 18.7 Å². The van der Waals surface area contributed by atoms with Crippen molar-refractivity contribution in [3.63, 3.8) is 0 Å². The van der Waals surface area contributed by atoms with E-state index in [9.17, 15) is 14.0 Å². The molecule has 0 radical (unpaired) electrons. The van der Waals surface area contributed by atoms with Gasteiger partial charge in [0.05, 0.1) is 18.4 Å². The Balaban J connectivity index is 1.88. The molecule has 0 aromatic heterocycles. The minimum atomic E-state index is -0.521. The highest BCUT2D eigenvalue weighted by atomic mass is 19.1. The third kappa shape index (κ3) is 4.81. The van der Waals surface area contributed by atoms with Crippen LogP contribution < -0.4 is 10.6 Å². The Morgan fingerprint density at radius 2 is 1.78 bits per heavy atom. The molecule has 2 N–H and O–H groups in total. The van der Waals surface area contributed by atoms with Crippen molar-refractivity contribution in [3.8, 4) is 0 Å². The first kappa shape index (κ1) is 16.5. The first-order chi connectivity index (χ1) is 11.1. The lowest BCUT2D eigenvalue weighted by Gasteiger charge is -2.10. The van der Waals surface area contributed by atoms with Gasteiger partial charge in [0.25, 0.3) is 0 Å². The number of urea groups is 1. The van der Waals surface area contributed by atoms with Gasteiger partial charge in [0.2, 0.25) is 0 Å². The molecule has 2 aromatic rings. The topological polar surface area (TPSA) is 67.4 Å². The van der Waals surface area contributed by atoms with Crippen molar-refractivity contribution in [2.75, 3.05) is 19.0 Å². The van der Waals surface area contributed by atoms with Gasteiger partial charge in [-0.15, -0.1) is 0 Å². The molecule has 2 amide bonds. The summed E-state index contributed by atoms with van der Waals surface area (Å²) in [7, 11) is 1.28. The molecule has 23 heavy (non-hydrogen) atoms. The van der Waals surface area contributed by atoms with E-state index in [0.717, 1.165) is 5.56 Å². The van der Waals surface area contributed by atoms with E-state index in [4.69, 9.17) is 0 Å². The number of halogens is 1. The molecule has 0 fully saturated rings. The molecule has 0 aliphatic carbocycles. The van der Waals surface area contributed by atoms with Crippen molar-refractivity contribution < 1.29 is 18.7 Å². The zero-order chi connectivity index (χ0) is 16.7. The zero-order valence-corrected chi connectivity index (χ0v) is 12.6. The number of hydrogen-bond donors (Lipinski definition) is 2. The molecule has 5 nitrogen and oxygen atoms in total. The molecule has 0 saturated heterocycles. The molecule has 0 spiro atoms. The number of carbonyl (C=O) groups is 2. The molecule has 0 saturated carbocycles. The molecule has 0 heterocycles. The summed E-state index contributed by atoms with van der Waals surface area (Å²) < 4.78 is 17.5. The second kappa shape index (κ2) is 7.93. The number of carbonyl (C=O) groups excluding carboxylic acids is 2. The van der Waals surface area contributed by atoms with Crippen LogP contribution in [0, 0.1) is 5.82 Å². The van der Waals surface area contributed by atoms with Gasteiger partial charge in [-0.25, -0.2) is 14.0 Å². The lowest BCUT2D eigenvalue weighted by molar-refractivity contribution is 0.0602. The maximum Gasteiger partial charge on any atom is 0.339 e. The van der Waals surface area contributed by atoms with E-state index in [1.807, 2.05) is 0 Å². The van der Waals surface area contributed by atoms with Crippen molar-refractivity contribution in [2.24, 2.45) is 0 Å². The third-order valence-corrected chi connectivity index (χ3v) is 3.19. The number of rotatable bonds is 5. The highest BCUT2D eigenvalue weighted by Gasteiger charge is 2.12. The molecule has 6 heteroatoms.